The molecule has 6 heteroatoms. The van der Waals surface area contributed by atoms with Gasteiger partial charge >= 0.3 is 6.18 Å². The second-order valence-electron chi connectivity index (χ2n) is 4.37. The highest BCUT2D eigenvalue weighted by molar-refractivity contribution is 7.90. The Bertz CT molecular complexity index is 700. The van der Waals surface area contributed by atoms with Gasteiger partial charge in [-0.25, -0.2) is 8.42 Å². The lowest BCUT2D eigenvalue weighted by Crippen LogP contribution is -2.04. The maximum absolute atomic E-state index is 12.4. The van der Waals surface area contributed by atoms with Gasteiger partial charge in [0.25, 0.3) is 0 Å². The summed E-state index contributed by atoms with van der Waals surface area (Å²) in [5, 5.41) is 0. The molecule has 2 nitrogen and oxygen atoms in total. The van der Waals surface area contributed by atoms with Gasteiger partial charge < -0.3 is 0 Å². The lowest BCUT2D eigenvalue weighted by molar-refractivity contribution is -0.137. The summed E-state index contributed by atoms with van der Waals surface area (Å²) in [4.78, 5) is 0.174. The lowest BCUT2D eigenvalue weighted by atomic mass is 10.0. The maximum Gasteiger partial charge on any atom is 0.416 e. The van der Waals surface area contributed by atoms with E-state index in [-0.39, 0.29) is 4.90 Å². The number of hydrogen-bond donors (Lipinski definition) is 0. The Morgan fingerprint density at radius 3 is 1.55 bits per heavy atom. The van der Waals surface area contributed by atoms with Crippen LogP contribution < -0.4 is 0 Å². The summed E-state index contributed by atoms with van der Waals surface area (Å²) in [5.74, 6) is 0. The highest BCUT2D eigenvalue weighted by Gasteiger charge is 2.29. The summed E-state index contributed by atoms with van der Waals surface area (Å²) in [6, 6.07) is 10.7. The summed E-state index contributed by atoms with van der Waals surface area (Å²) >= 11 is 0. The minimum Gasteiger partial charge on any atom is -0.224 e. The quantitative estimate of drug-likeness (QED) is 0.846. The molecule has 0 unspecified atom stereocenters. The largest absolute Gasteiger partial charge is 0.416 e. The van der Waals surface area contributed by atoms with E-state index in [1.165, 1.54) is 24.3 Å². The second-order valence-corrected chi connectivity index (χ2v) is 6.39. The molecule has 0 N–H and O–H groups in total. The first-order valence-corrected chi connectivity index (χ1v) is 7.55. The Labute approximate surface area is 114 Å². The van der Waals surface area contributed by atoms with Gasteiger partial charge in [-0.05, 0) is 35.4 Å². The summed E-state index contributed by atoms with van der Waals surface area (Å²) < 4.78 is 59.9. The number of benzene rings is 2. The Morgan fingerprint density at radius 2 is 1.20 bits per heavy atom. The van der Waals surface area contributed by atoms with Gasteiger partial charge in [-0.1, -0.05) is 24.3 Å². The van der Waals surface area contributed by atoms with E-state index in [0.717, 1.165) is 18.4 Å². The molecule has 0 amide bonds. The van der Waals surface area contributed by atoms with Crippen molar-refractivity contribution in [1.82, 2.24) is 0 Å². The zero-order valence-electron chi connectivity index (χ0n) is 10.5. The van der Waals surface area contributed by atoms with Gasteiger partial charge in [0.2, 0.25) is 0 Å². The van der Waals surface area contributed by atoms with Crippen LogP contribution in [-0.2, 0) is 16.0 Å². The zero-order chi connectivity index (χ0) is 15.0. The number of sulfone groups is 1. The molecule has 0 bridgehead atoms. The minimum atomic E-state index is -4.36. The second kappa shape index (κ2) is 4.94. The topological polar surface area (TPSA) is 34.1 Å². The van der Waals surface area contributed by atoms with Crippen LogP contribution in [0.25, 0.3) is 11.1 Å². The van der Waals surface area contributed by atoms with Crippen LogP contribution in [0.5, 0.6) is 0 Å². The molecule has 0 aliphatic heterocycles. The van der Waals surface area contributed by atoms with E-state index >= 15 is 0 Å². The average Bonchev–Trinajstić information content (AvgIpc) is 2.37. The third kappa shape index (κ3) is 3.19. The first-order valence-electron chi connectivity index (χ1n) is 5.66. The SMILES string of the molecule is CS(=O)(=O)c1ccc(-c2ccc(C(F)(F)F)cc2)cc1. The number of hydrogen-bond acceptors (Lipinski definition) is 2. The van der Waals surface area contributed by atoms with Gasteiger partial charge in [0.1, 0.15) is 0 Å². The van der Waals surface area contributed by atoms with Crippen molar-refractivity contribution in [1.29, 1.82) is 0 Å². The van der Waals surface area contributed by atoms with Crippen LogP contribution in [0.15, 0.2) is 53.4 Å². The highest BCUT2D eigenvalue weighted by atomic mass is 32.2. The Hall–Kier alpha value is -1.82. The molecule has 0 fully saturated rings. The van der Waals surface area contributed by atoms with Crippen LogP contribution in [0.2, 0.25) is 0 Å². The lowest BCUT2D eigenvalue weighted by Gasteiger charge is -2.08. The predicted molar refractivity (Wildman–Crippen MR) is 70.0 cm³/mol. The van der Waals surface area contributed by atoms with Crippen molar-refractivity contribution in [2.45, 2.75) is 11.1 Å². The number of halogens is 3. The molecular formula is C14H11F3O2S. The Morgan fingerprint density at radius 1 is 0.800 bits per heavy atom. The van der Waals surface area contributed by atoms with Crippen molar-refractivity contribution in [2.24, 2.45) is 0 Å². The summed E-state index contributed by atoms with van der Waals surface area (Å²) in [6.07, 6.45) is -3.27. The van der Waals surface area contributed by atoms with E-state index in [4.69, 9.17) is 0 Å². The third-order valence-corrected chi connectivity index (χ3v) is 3.96. The Kier molecular flexibility index (Phi) is 3.60. The monoisotopic (exact) mass is 300 g/mol. The van der Waals surface area contributed by atoms with Crippen LogP contribution in [0.3, 0.4) is 0 Å². The van der Waals surface area contributed by atoms with Crippen LogP contribution in [-0.4, -0.2) is 14.7 Å². The van der Waals surface area contributed by atoms with E-state index in [0.29, 0.717) is 11.1 Å². The molecule has 0 aromatic heterocycles. The van der Waals surface area contributed by atoms with Crippen LogP contribution in [0.1, 0.15) is 5.56 Å². The zero-order valence-corrected chi connectivity index (χ0v) is 11.3. The molecule has 0 saturated heterocycles. The fourth-order valence-electron chi connectivity index (χ4n) is 1.75. The summed E-state index contributed by atoms with van der Waals surface area (Å²) in [7, 11) is -3.28. The molecule has 20 heavy (non-hydrogen) atoms. The van der Waals surface area contributed by atoms with Crippen LogP contribution in [0, 0.1) is 0 Å². The Balaban J connectivity index is 2.33. The van der Waals surface area contributed by atoms with Crippen molar-refractivity contribution < 1.29 is 21.6 Å². The van der Waals surface area contributed by atoms with Gasteiger partial charge in [0.05, 0.1) is 10.5 Å². The molecule has 2 aromatic carbocycles. The molecule has 106 valence electrons. The molecule has 0 aliphatic rings. The van der Waals surface area contributed by atoms with E-state index in [1.54, 1.807) is 12.1 Å². The van der Waals surface area contributed by atoms with Crippen molar-refractivity contribution in [3.8, 4) is 11.1 Å². The molecule has 0 radical (unpaired) electrons. The fraction of sp³-hybridized carbons (Fsp3) is 0.143. The molecule has 0 atom stereocenters. The van der Waals surface area contributed by atoms with Gasteiger partial charge in [-0.3, -0.25) is 0 Å². The maximum atomic E-state index is 12.4. The van der Waals surface area contributed by atoms with E-state index in [1.807, 2.05) is 0 Å². The van der Waals surface area contributed by atoms with Crippen LogP contribution in [0.4, 0.5) is 13.2 Å². The van der Waals surface area contributed by atoms with Gasteiger partial charge in [-0.2, -0.15) is 13.2 Å². The summed E-state index contributed by atoms with van der Waals surface area (Å²) in [6.45, 7) is 0. The van der Waals surface area contributed by atoms with Crippen molar-refractivity contribution >= 4 is 9.84 Å². The van der Waals surface area contributed by atoms with E-state index in [2.05, 4.69) is 0 Å². The molecule has 0 saturated carbocycles. The molecule has 2 rings (SSSR count). The molecule has 2 aromatic rings. The smallest absolute Gasteiger partial charge is 0.224 e. The van der Waals surface area contributed by atoms with E-state index in [9.17, 15) is 21.6 Å². The fourth-order valence-corrected chi connectivity index (χ4v) is 2.38. The first kappa shape index (κ1) is 14.6. The highest BCUT2D eigenvalue weighted by Crippen LogP contribution is 2.31. The van der Waals surface area contributed by atoms with Gasteiger partial charge in [0, 0.05) is 6.26 Å². The van der Waals surface area contributed by atoms with Crippen molar-refractivity contribution in [3.05, 3.63) is 54.1 Å². The number of rotatable bonds is 2. The van der Waals surface area contributed by atoms with Gasteiger partial charge in [-0.15, -0.1) is 0 Å². The van der Waals surface area contributed by atoms with Gasteiger partial charge in [0.15, 0.2) is 9.84 Å². The molecule has 0 heterocycles. The summed E-state index contributed by atoms with van der Waals surface area (Å²) in [5.41, 5.74) is 0.540. The third-order valence-electron chi connectivity index (χ3n) is 2.83. The molecule has 0 spiro atoms. The van der Waals surface area contributed by atoms with E-state index < -0.39 is 21.6 Å². The molecular weight excluding hydrogens is 289 g/mol. The average molecular weight is 300 g/mol. The molecule has 0 aliphatic carbocycles. The van der Waals surface area contributed by atoms with Crippen molar-refractivity contribution in [2.75, 3.05) is 6.26 Å². The first-order chi connectivity index (χ1) is 9.18. The number of alkyl halides is 3. The van der Waals surface area contributed by atoms with Crippen molar-refractivity contribution in [3.63, 3.8) is 0 Å². The van der Waals surface area contributed by atoms with Crippen LogP contribution >= 0.6 is 0 Å². The minimum absolute atomic E-state index is 0.174. The normalized spacial score (nSPS) is 12.4. The predicted octanol–water partition coefficient (Wildman–Crippen LogP) is 3.78. The standard InChI is InChI=1S/C14H11F3O2S/c1-20(18,19)13-8-4-11(5-9-13)10-2-6-12(7-3-10)14(15,16)17/h2-9H,1H3.